The molecule has 1 N–H and O–H groups in total. The lowest BCUT2D eigenvalue weighted by Crippen LogP contribution is -2.50. The average Bonchev–Trinajstić information content (AvgIpc) is 2.95. The molecule has 0 aliphatic rings. The van der Waals surface area contributed by atoms with Gasteiger partial charge in [-0.25, -0.2) is 17.2 Å². The van der Waals surface area contributed by atoms with E-state index < -0.39 is 33.6 Å². The van der Waals surface area contributed by atoms with Crippen molar-refractivity contribution in [2.24, 2.45) is 0 Å². The number of unbranched alkanes of at least 4 members (excludes halogenated alkanes) is 1. The highest BCUT2D eigenvalue weighted by Crippen LogP contribution is 2.28. The Kier molecular flexibility index (Phi) is 12.8. The van der Waals surface area contributed by atoms with Crippen molar-refractivity contribution in [3.63, 3.8) is 0 Å². The van der Waals surface area contributed by atoms with Crippen LogP contribution in [0.3, 0.4) is 0 Å². The Morgan fingerprint density at radius 2 is 1.60 bits per heavy atom. The topological polar surface area (TPSA) is 86.8 Å². The number of nitrogens with zero attached hydrogens (tertiary/aromatic N) is 2. The number of nitrogens with one attached hydrogen (secondary N) is 1. The molecular formula is C31H35Cl2F2N3O4S. The van der Waals surface area contributed by atoms with Gasteiger partial charge >= 0.3 is 0 Å². The van der Waals surface area contributed by atoms with Crippen LogP contribution in [0.4, 0.5) is 14.5 Å². The number of halogens is 4. The van der Waals surface area contributed by atoms with Crippen LogP contribution in [-0.2, 0) is 32.6 Å². The summed E-state index contributed by atoms with van der Waals surface area (Å²) in [5.74, 6) is -3.07. The highest BCUT2D eigenvalue weighted by atomic mass is 35.5. The molecule has 0 aliphatic carbocycles. The quantitative estimate of drug-likeness (QED) is 0.193. The Balaban J connectivity index is 1.92. The van der Waals surface area contributed by atoms with Crippen molar-refractivity contribution >= 4 is 50.7 Å². The van der Waals surface area contributed by atoms with E-state index in [0.29, 0.717) is 22.2 Å². The fraction of sp³-hybridized carbons (Fsp3) is 0.355. The van der Waals surface area contributed by atoms with Crippen molar-refractivity contribution in [3.05, 3.63) is 99.5 Å². The summed E-state index contributed by atoms with van der Waals surface area (Å²) in [4.78, 5) is 28.9. The summed E-state index contributed by atoms with van der Waals surface area (Å²) in [5.41, 5.74) is 1.24. The minimum absolute atomic E-state index is 0.0349. The molecule has 7 nitrogen and oxygen atoms in total. The van der Waals surface area contributed by atoms with Crippen molar-refractivity contribution in [3.8, 4) is 0 Å². The normalized spacial score (nSPS) is 12.0. The number of amides is 2. The van der Waals surface area contributed by atoms with Gasteiger partial charge in [0.2, 0.25) is 21.8 Å². The van der Waals surface area contributed by atoms with Gasteiger partial charge in [0, 0.05) is 54.2 Å². The third kappa shape index (κ3) is 9.91. The molecule has 0 fully saturated rings. The van der Waals surface area contributed by atoms with Gasteiger partial charge in [-0.3, -0.25) is 13.9 Å². The first-order chi connectivity index (χ1) is 20.4. The molecule has 0 heterocycles. The Morgan fingerprint density at radius 1 is 0.930 bits per heavy atom. The highest BCUT2D eigenvalue weighted by molar-refractivity contribution is 7.92. The van der Waals surface area contributed by atoms with Crippen LogP contribution in [0.1, 0.15) is 43.7 Å². The van der Waals surface area contributed by atoms with E-state index in [2.05, 4.69) is 5.32 Å². The smallest absolute Gasteiger partial charge is 0.243 e. The Hall–Kier alpha value is -3.21. The summed E-state index contributed by atoms with van der Waals surface area (Å²) in [5, 5.41) is 3.59. The van der Waals surface area contributed by atoms with E-state index in [0.717, 1.165) is 47.2 Å². The summed E-state index contributed by atoms with van der Waals surface area (Å²) in [6.45, 7) is 2.20. The molecule has 232 valence electrons. The average molecular weight is 655 g/mol. The van der Waals surface area contributed by atoms with E-state index >= 15 is 0 Å². The maximum absolute atomic E-state index is 13.9. The second kappa shape index (κ2) is 16.0. The lowest BCUT2D eigenvalue weighted by molar-refractivity contribution is -0.141. The van der Waals surface area contributed by atoms with E-state index in [4.69, 9.17) is 23.2 Å². The van der Waals surface area contributed by atoms with Crippen LogP contribution in [0.5, 0.6) is 0 Å². The predicted molar refractivity (Wildman–Crippen MR) is 167 cm³/mol. The monoisotopic (exact) mass is 653 g/mol. The molecule has 43 heavy (non-hydrogen) atoms. The van der Waals surface area contributed by atoms with Gasteiger partial charge in [-0.05, 0) is 42.7 Å². The van der Waals surface area contributed by atoms with Crippen LogP contribution in [0.25, 0.3) is 0 Å². The largest absolute Gasteiger partial charge is 0.354 e. The number of carbonyl (C=O) groups is 2. The molecule has 3 aromatic rings. The summed E-state index contributed by atoms with van der Waals surface area (Å²) in [6.07, 6.45) is 2.68. The van der Waals surface area contributed by atoms with Crippen molar-refractivity contribution in [1.29, 1.82) is 0 Å². The summed E-state index contributed by atoms with van der Waals surface area (Å²) < 4.78 is 53.3. The lowest BCUT2D eigenvalue weighted by Gasteiger charge is -2.32. The molecule has 0 spiro atoms. The van der Waals surface area contributed by atoms with Gasteiger partial charge in [-0.1, -0.05) is 72.9 Å². The van der Waals surface area contributed by atoms with Gasteiger partial charge in [0.25, 0.3) is 0 Å². The molecule has 0 saturated carbocycles. The summed E-state index contributed by atoms with van der Waals surface area (Å²) in [6, 6.07) is 16.1. The second-order valence-electron chi connectivity index (χ2n) is 10.1. The first-order valence-electron chi connectivity index (χ1n) is 13.9. The molecule has 12 heteroatoms. The number of hydrogen-bond acceptors (Lipinski definition) is 4. The predicted octanol–water partition coefficient (Wildman–Crippen LogP) is 6.37. The number of carbonyl (C=O) groups excluding carboxylic acids is 2. The molecular weight excluding hydrogens is 619 g/mol. The van der Waals surface area contributed by atoms with Crippen LogP contribution in [-0.4, -0.2) is 50.5 Å². The SMILES string of the molecule is CCCCNC(=O)C(Cc1ccccc1)N(Cc1c(Cl)cccc1Cl)C(=O)CCCN(c1ccc(F)c(F)c1)S(C)(=O)=O. The number of anilines is 1. The fourth-order valence-electron chi connectivity index (χ4n) is 4.56. The van der Waals surface area contributed by atoms with Crippen molar-refractivity contribution in [2.75, 3.05) is 23.7 Å². The molecule has 0 aliphatic heterocycles. The molecule has 3 aromatic carbocycles. The van der Waals surface area contributed by atoms with Gasteiger partial charge in [-0.15, -0.1) is 0 Å². The zero-order chi connectivity index (χ0) is 31.6. The minimum atomic E-state index is -3.89. The molecule has 1 atom stereocenters. The van der Waals surface area contributed by atoms with Crippen molar-refractivity contribution < 1.29 is 26.8 Å². The second-order valence-corrected chi connectivity index (χ2v) is 12.8. The molecule has 1 unspecified atom stereocenters. The van der Waals surface area contributed by atoms with E-state index in [1.54, 1.807) is 18.2 Å². The molecule has 0 bridgehead atoms. The third-order valence-electron chi connectivity index (χ3n) is 6.83. The van der Waals surface area contributed by atoms with Gasteiger partial charge in [0.05, 0.1) is 11.9 Å². The highest BCUT2D eigenvalue weighted by Gasteiger charge is 2.31. The first-order valence-corrected chi connectivity index (χ1v) is 16.5. The zero-order valence-corrected chi connectivity index (χ0v) is 26.4. The van der Waals surface area contributed by atoms with Crippen LogP contribution in [0.15, 0.2) is 66.7 Å². The molecule has 0 radical (unpaired) electrons. The van der Waals surface area contributed by atoms with Gasteiger partial charge < -0.3 is 10.2 Å². The third-order valence-corrected chi connectivity index (χ3v) is 8.74. The Morgan fingerprint density at radius 3 is 2.21 bits per heavy atom. The van der Waals surface area contributed by atoms with Gasteiger partial charge in [-0.2, -0.15) is 0 Å². The number of benzene rings is 3. The number of hydrogen-bond donors (Lipinski definition) is 1. The fourth-order valence-corrected chi connectivity index (χ4v) is 6.03. The standard InChI is InChI=1S/C31H35Cl2F2N3O4S/c1-3-4-17-36-31(40)29(19-22-10-6-5-7-11-22)37(21-24-25(32)12-8-13-26(24)33)30(39)14-9-18-38(43(2,41)42)23-15-16-27(34)28(35)20-23/h5-8,10-13,15-16,20,29H,3-4,9,14,17-19,21H2,1-2H3,(H,36,40). The number of sulfonamides is 1. The lowest BCUT2D eigenvalue weighted by atomic mass is 10.0. The maximum atomic E-state index is 13.9. The van der Waals surface area contributed by atoms with E-state index in [9.17, 15) is 26.8 Å². The van der Waals surface area contributed by atoms with Crippen molar-refractivity contribution in [1.82, 2.24) is 10.2 Å². The van der Waals surface area contributed by atoms with E-state index in [1.165, 1.54) is 4.90 Å². The van der Waals surface area contributed by atoms with Crippen LogP contribution in [0, 0.1) is 11.6 Å². The summed E-state index contributed by atoms with van der Waals surface area (Å²) >= 11 is 12.9. The van der Waals surface area contributed by atoms with Crippen molar-refractivity contribution in [2.45, 2.75) is 51.6 Å². The number of rotatable bonds is 15. The first kappa shape index (κ1) is 34.3. The minimum Gasteiger partial charge on any atom is -0.354 e. The van der Waals surface area contributed by atoms with Crippen LogP contribution < -0.4 is 9.62 Å². The van der Waals surface area contributed by atoms with Gasteiger partial charge in [0.1, 0.15) is 6.04 Å². The molecule has 3 rings (SSSR count). The summed E-state index contributed by atoms with van der Waals surface area (Å²) in [7, 11) is -3.89. The molecule has 0 saturated heterocycles. The molecule has 2 amide bonds. The maximum Gasteiger partial charge on any atom is 0.243 e. The van der Waals surface area contributed by atoms with Crippen LogP contribution >= 0.6 is 23.2 Å². The molecule has 0 aromatic heterocycles. The van der Waals surface area contributed by atoms with E-state index in [1.807, 2.05) is 37.3 Å². The Labute approximate surface area is 261 Å². The Bertz CT molecular complexity index is 1490. The van der Waals surface area contributed by atoms with E-state index in [-0.39, 0.29) is 43.9 Å². The van der Waals surface area contributed by atoms with Gasteiger partial charge in [0.15, 0.2) is 11.6 Å². The van der Waals surface area contributed by atoms with Crippen LogP contribution in [0.2, 0.25) is 10.0 Å². The zero-order valence-electron chi connectivity index (χ0n) is 24.0.